The largest absolute Gasteiger partial charge is 0.490 e. The minimum Gasteiger partial charge on any atom is -0.490 e. The predicted octanol–water partition coefficient (Wildman–Crippen LogP) is 6.45. The maximum Gasteiger partial charge on any atom is 0.309 e. The number of carboxylic acid groups (broad SMARTS) is 1. The van der Waals surface area contributed by atoms with E-state index in [1.807, 2.05) is 0 Å². The van der Waals surface area contributed by atoms with E-state index < -0.39 is 11.4 Å². The van der Waals surface area contributed by atoms with Crippen molar-refractivity contribution in [1.29, 1.82) is 0 Å². The van der Waals surface area contributed by atoms with Crippen LogP contribution in [-0.4, -0.2) is 22.7 Å². The summed E-state index contributed by atoms with van der Waals surface area (Å²) in [6, 6.07) is 13.2. The number of fused-ring (bicyclic) bond motifs is 4. The third kappa shape index (κ3) is 4.26. The Morgan fingerprint density at radius 2 is 1.56 bits per heavy atom. The number of hydrogen-bond donors (Lipinski definition) is 2. The summed E-state index contributed by atoms with van der Waals surface area (Å²) >= 11 is 0. The molecule has 32 heavy (non-hydrogen) atoms. The minimum absolute atomic E-state index is 0.123. The van der Waals surface area contributed by atoms with Crippen LogP contribution in [0.15, 0.2) is 36.4 Å². The molecule has 0 radical (unpaired) electrons. The Balaban J connectivity index is 1.20. The SMILES string of the molecule is CC1(C)CCC(Oc2ccc3cc(CNC45CCC(C(=O)O)(CC4)CC5)ccc3c2)CC1. The van der Waals surface area contributed by atoms with Gasteiger partial charge in [0.25, 0.3) is 0 Å². The van der Waals surface area contributed by atoms with Gasteiger partial charge in [-0.05, 0) is 104 Å². The third-order valence-corrected chi connectivity index (χ3v) is 8.83. The zero-order valence-electron chi connectivity index (χ0n) is 19.6. The van der Waals surface area contributed by atoms with E-state index in [-0.39, 0.29) is 5.54 Å². The third-order valence-electron chi connectivity index (χ3n) is 8.83. The molecule has 2 N–H and O–H groups in total. The Labute approximate surface area is 191 Å². The molecule has 0 aliphatic heterocycles. The molecular formula is C28H37NO3. The van der Waals surface area contributed by atoms with Gasteiger partial charge in [0, 0.05) is 12.1 Å². The fourth-order valence-electron chi connectivity index (χ4n) is 6.20. The average Bonchev–Trinajstić information content (AvgIpc) is 2.80. The van der Waals surface area contributed by atoms with Crippen LogP contribution < -0.4 is 10.1 Å². The van der Waals surface area contributed by atoms with E-state index in [1.165, 1.54) is 29.2 Å². The van der Waals surface area contributed by atoms with Gasteiger partial charge in [0.2, 0.25) is 0 Å². The topological polar surface area (TPSA) is 58.6 Å². The molecule has 0 aromatic heterocycles. The molecular weight excluding hydrogens is 398 g/mol. The second kappa shape index (κ2) is 8.06. The normalized spacial score (nSPS) is 29.8. The summed E-state index contributed by atoms with van der Waals surface area (Å²) in [7, 11) is 0. The van der Waals surface area contributed by atoms with Crippen molar-refractivity contribution in [3.05, 3.63) is 42.0 Å². The molecule has 0 saturated heterocycles. The zero-order chi connectivity index (χ0) is 22.4. The number of aliphatic carboxylic acids is 1. The van der Waals surface area contributed by atoms with E-state index in [0.717, 1.165) is 63.7 Å². The summed E-state index contributed by atoms with van der Waals surface area (Å²) in [5.74, 6) is 0.397. The van der Waals surface area contributed by atoms with Crippen molar-refractivity contribution in [3.63, 3.8) is 0 Å². The lowest BCUT2D eigenvalue weighted by atomic mass is 9.57. The molecule has 0 unspecified atom stereocenters. The van der Waals surface area contributed by atoms with Gasteiger partial charge in [-0.3, -0.25) is 4.79 Å². The van der Waals surface area contributed by atoms with Crippen LogP contribution in [0.3, 0.4) is 0 Å². The standard InChI is InChI=1S/C28H37NO3/c1-26(2)9-7-23(8-10-26)32-24-6-5-21-17-20(3-4-22(21)18-24)19-29-28-14-11-27(12-15-28,13-16-28)25(30)31/h3-6,17-18,23,29H,7-16,19H2,1-2H3,(H,30,31). The molecule has 4 aliphatic carbocycles. The highest BCUT2D eigenvalue weighted by Gasteiger charge is 2.52. The van der Waals surface area contributed by atoms with Crippen molar-refractivity contribution >= 4 is 16.7 Å². The molecule has 4 saturated carbocycles. The Kier molecular flexibility index (Phi) is 5.48. The summed E-state index contributed by atoms with van der Waals surface area (Å²) in [6.07, 6.45) is 10.5. The molecule has 4 fully saturated rings. The van der Waals surface area contributed by atoms with Gasteiger partial charge < -0.3 is 15.2 Å². The van der Waals surface area contributed by atoms with Crippen LogP contribution in [0.5, 0.6) is 5.75 Å². The summed E-state index contributed by atoms with van der Waals surface area (Å²) in [5.41, 5.74) is 1.43. The monoisotopic (exact) mass is 435 g/mol. The highest BCUT2D eigenvalue weighted by molar-refractivity contribution is 5.84. The molecule has 6 rings (SSSR count). The van der Waals surface area contributed by atoms with E-state index in [1.54, 1.807) is 0 Å². The molecule has 172 valence electrons. The minimum atomic E-state index is -0.587. The summed E-state index contributed by atoms with van der Waals surface area (Å²) < 4.78 is 6.32. The molecule has 2 bridgehead atoms. The van der Waals surface area contributed by atoms with E-state index in [9.17, 15) is 9.90 Å². The molecule has 0 amide bonds. The van der Waals surface area contributed by atoms with Gasteiger partial charge in [0.1, 0.15) is 5.75 Å². The number of hydrogen-bond acceptors (Lipinski definition) is 3. The van der Waals surface area contributed by atoms with Crippen molar-refractivity contribution < 1.29 is 14.6 Å². The first-order valence-corrected chi connectivity index (χ1v) is 12.4. The number of benzene rings is 2. The first-order valence-electron chi connectivity index (χ1n) is 12.4. The van der Waals surface area contributed by atoms with E-state index in [2.05, 4.69) is 55.6 Å². The second-order valence-corrected chi connectivity index (χ2v) is 11.5. The van der Waals surface area contributed by atoms with Crippen molar-refractivity contribution in [2.24, 2.45) is 10.8 Å². The number of rotatable bonds is 6. The summed E-state index contributed by atoms with van der Waals surface area (Å²) in [6.45, 7) is 5.56. The quantitative estimate of drug-likeness (QED) is 0.547. The van der Waals surface area contributed by atoms with Crippen LogP contribution in [0, 0.1) is 10.8 Å². The van der Waals surface area contributed by atoms with E-state index in [0.29, 0.717) is 11.5 Å². The second-order valence-electron chi connectivity index (χ2n) is 11.5. The van der Waals surface area contributed by atoms with Gasteiger partial charge in [-0.2, -0.15) is 0 Å². The van der Waals surface area contributed by atoms with Gasteiger partial charge in [0.05, 0.1) is 11.5 Å². The van der Waals surface area contributed by atoms with Gasteiger partial charge >= 0.3 is 5.97 Å². The molecule has 0 spiro atoms. The van der Waals surface area contributed by atoms with Crippen LogP contribution >= 0.6 is 0 Å². The Bertz CT molecular complexity index is 976. The van der Waals surface area contributed by atoms with Crippen LogP contribution in [0.2, 0.25) is 0 Å². The molecule has 4 heteroatoms. The fraction of sp³-hybridized carbons (Fsp3) is 0.607. The van der Waals surface area contributed by atoms with Gasteiger partial charge in [-0.1, -0.05) is 32.0 Å². The molecule has 2 aromatic rings. The lowest BCUT2D eigenvalue weighted by Gasteiger charge is -2.51. The van der Waals surface area contributed by atoms with Crippen LogP contribution in [0.25, 0.3) is 10.8 Å². The number of ether oxygens (including phenoxy) is 1. The molecule has 0 heterocycles. The van der Waals surface area contributed by atoms with Crippen molar-refractivity contribution in [2.75, 3.05) is 0 Å². The Morgan fingerprint density at radius 3 is 2.22 bits per heavy atom. The highest BCUT2D eigenvalue weighted by Crippen LogP contribution is 2.52. The maximum atomic E-state index is 11.7. The smallest absolute Gasteiger partial charge is 0.309 e. The summed E-state index contributed by atoms with van der Waals surface area (Å²) in [4.78, 5) is 11.7. The molecule has 0 atom stereocenters. The predicted molar refractivity (Wildman–Crippen MR) is 128 cm³/mol. The van der Waals surface area contributed by atoms with Gasteiger partial charge in [-0.15, -0.1) is 0 Å². The van der Waals surface area contributed by atoms with Crippen molar-refractivity contribution in [3.8, 4) is 5.75 Å². The molecule has 4 nitrogen and oxygen atoms in total. The lowest BCUT2D eigenvalue weighted by Crippen LogP contribution is -2.56. The van der Waals surface area contributed by atoms with E-state index >= 15 is 0 Å². The van der Waals surface area contributed by atoms with E-state index in [4.69, 9.17) is 4.74 Å². The van der Waals surface area contributed by atoms with Crippen molar-refractivity contribution in [1.82, 2.24) is 5.32 Å². The molecule has 4 aliphatic rings. The van der Waals surface area contributed by atoms with Crippen LogP contribution in [-0.2, 0) is 11.3 Å². The highest BCUT2D eigenvalue weighted by atomic mass is 16.5. The Hall–Kier alpha value is -2.07. The van der Waals surface area contributed by atoms with Crippen molar-refractivity contribution in [2.45, 2.75) is 96.2 Å². The first-order chi connectivity index (χ1) is 15.3. The maximum absolute atomic E-state index is 11.7. The average molecular weight is 436 g/mol. The van der Waals surface area contributed by atoms with Crippen LogP contribution in [0.1, 0.15) is 83.6 Å². The summed E-state index contributed by atoms with van der Waals surface area (Å²) in [5, 5.41) is 15.9. The fourth-order valence-corrected chi connectivity index (χ4v) is 6.20. The van der Waals surface area contributed by atoms with Gasteiger partial charge in [-0.25, -0.2) is 0 Å². The Morgan fingerprint density at radius 1 is 0.938 bits per heavy atom. The lowest BCUT2D eigenvalue weighted by molar-refractivity contribution is -0.156. The van der Waals surface area contributed by atoms with Crippen LogP contribution in [0.4, 0.5) is 0 Å². The van der Waals surface area contributed by atoms with Gasteiger partial charge in [0.15, 0.2) is 0 Å². The number of carboxylic acids is 1. The number of carbonyl (C=O) groups is 1. The first kappa shape index (κ1) is 21.8. The number of nitrogens with one attached hydrogen (secondary N) is 1. The zero-order valence-corrected chi connectivity index (χ0v) is 19.6. The molecule has 2 aromatic carbocycles.